The second-order valence-corrected chi connectivity index (χ2v) is 6.70. The zero-order valence-corrected chi connectivity index (χ0v) is 15.8. The molecular weight excluding hydrogens is 359 g/mol. The van der Waals surface area contributed by atoms with Crippen molar-refractivity contribution in [2.45, 2.75) is 19.9 Å². The second-order valence-electron chi connectivity index (χ2n) is 6.70. The summed E-state index contributed by atoms with van der Waals surface area (Å²) < 4.78 is 21.2. The van der Waals surface area contributed by atoms with E-state index in [1.165, 1.54) is 12.4 Å². The fourth-order valence-corrected chi connectivity index (χ4v) is 3.22. The minimum atomic E-state index is -0.473. The summed E-state index contributed by atoms with van der Waals surface area (Å²) in [5.74, 6) is -0.603. The van der Waals surface area contributed by atoms with Gasteiger partial charge in [0.2, 0.25) is 0 Å². The van der Waals surface area contributed by atoms with E-state index in [0.29, 0.717) is 10.9 Å². The smallest absolute Gasteiger partial charge is 0.290 e. The summed E-state index contributed by atoms with van der Waals surface area (Å²) in [6.45, 7) is 3.70. The van der Waals surface area contributed by atoms with Gasteiger partial charge in [-0.2, -0.15) is 5.10 Å². The van der Waals surface area contributed by atoms with E-state index in [-0.39, 0.29) is 23.3 Å². The summed E-state index contributed by atoms with van der Waals surface area (Å²) in [6, 6.07) is 12.2. The Labute approximate surface area is 161 Å². The molecule has 0 N–H and O–H groups in total. The van der Waals surface area contributed by atoms with E-state index in [2.05, 4.69) is 10.1 Å². The van der Waals surface area contributed by atoms with Crippen molar-refractivity contribution < 1.29 is 13.6 Å². The summed E-state index contributed by atoms with van der Waals surface area (Å²) >= 11 is 0. The molecule has 2 aromatic heterocycles. The van der Waals surface area contributed by atoms with Gasteiger partial charge in [0.15, 0.2) is 17.2 Å². The first-order chi connectivity index (χ1) is 13.5. The molecule has 7 heteroatoms. The van der Waals surface area contributed by atoms with Crippen molar-refractivity contribution in [3.8, 4) is 5.69 Å². The lowest BCUT2D eigenvalue weighted by atomic mass is 10.1. The van der Waals surface area contributed by atoms with Crippen molar-refractivity contribution in [3.05, 3.63) is 77.8 Å². The molecule has 0 saturated carbocycles. The van der Waals surface area contributed by atoms with Gasteiger partial charge in [-0.25, -0.2) is 14.1 Å². The van der Waals surface area contributed by atoms with Crippen molar-refractivity contribution in [2.75, 3.05) is 7.05 Å². The fraction of sp³-hybridized carbons (Fsp3) is 0.190. The molecule has 0 aliphatic heterocycles. The highest BCUT2D eigenvalue weighted by molar-refractivity contribution is 5.99. The van der Waals surface area contributed by atoms with E-state index < -0.39 is 5.82 Å². The van der Waals surface area contributed by atoms with Crippen LogP contribution in [-0.2, 0) is 0 Å². The Kier molecular flexibility index (Phi) is 4.43. The minimum absolute atomic E-state index is 0.113. The Bertz CT molecular complexity index is 1130. The number of para-hydroxylation sites is 1. The number of amides is 1. The van der Waals surface area contributed by atoms with Crippen LogP contribution in [0.5, 0.6) is 0 Å². The van der Waals surface area contributed by atoms with E-state index in [0.717, 1.165) is 11.3 Å². The highest BCUT2D eigenvalue weighted by atomic mass is 19.1. The quantitative estimate of drug-likeness (QED) is 0.531. The minimum Gasteiger partial charge on any atom is -0.448 e. The van der Waals surface area contributed by atoms with Crippen LogP contribution in [0.1, 0.15) is 34.6 Å². The SMILES string of the molecule is Cc1c(C(=O)N(C)C(C)c2ccc(-n3cncn3)cc2)oc2c(F)cccc12. The molecule has 1 amide bonds. The third kappa shape index (κ3) is 2.94. The van der Waals surface area contributed by atoms with Gasteiger partial charge in [0.25, 0.3) is 5.91 Å². The molecule has 0 spiro atoms. The third-order valence-electron chi connectivity index (χ3n) is 5.07. The third-order valence-corrected chi connectivity index (χ3v) is 5.07. The number of hydrogen-bond acceptors (Lipinski definition) is 4. The van der Waals surface area contributed by atoms with Crippen LogP contribution in [0.15, 0.2) is 59.5 Å². The predicted molar refractivity (Wildman–Crippen MR) is 103 cm³/mol. The lowest BCUT2D eigenvalue weighted by Gasteiger charge is -2.25. The Hall–Kier alpha value is -3.48. The van der Waals surface area contributed by atoms with E-state index >= 15 is 0 Å². The standard InChI is InChI=1S/C21H19FN4O2/c1-13-17-5-4-6-18(22)20(17)28-19(13)21(27)25(3)14(2)15-7-9-16(10-8-15)26-12-23-11-24-26/h4-12,14H,1-3H3. The normalized spacial score (nSPS) is 12.3. The van der Waals surface area contributed by atoms with Crippen LogP contribution < -0.4 is 0 Å². The van der Waals surface area contributed by atoms with Crippen LogP contribution in [0.3, 0.4) is 0 Å². The van der Waals surface area contributed by atoms with Gasteiger partial charge in [0.05, 0.1) is 11.7 Å². The van der Waals surface area contributed by atoms with Gasteiger partial charge >= 0.3 is 0 Å². The molecule has 0 fully saturated rings. The molecule has 1 atom stereocenters. The van der Waals surface area contributed by atoms with Gasteiger partial charge in [0, 0.05) is 18.0 Å². The van der Waals surface area contributed by atoms with E-state index in [9.17, 15) is 9.18 Å². The van der Waals surface area contributed by atoms with Gasteiger partial charge in [-0.15, -0.1) is 0 Å². The first-order valence-corrected chi connectivity index (χ1v) is 8.87. The fourth-order valence-electron chi connectivity index (χ4n) is 3.22. The number of nitrogens with zero attached hydrogens (tertiary/aromatic N) is 4. The summed E-state index contributed by atoms with van der Waals surface area (Å²) in [5.41, 5.74) is 2.59. The maximum absolute atomic E-state index is 14.0. The number of benzene rings is 2. The molecule has 1 unspecified atom stereocenters. The van der Waals surface area contributed by atoms with Crippen LogP contribution in [0.4, 0.5) is 4.39 Å². The van der Waals surface area contributed by atoms with E-state index in [1.54, 1.807) is 42.0 Å². The molecule has 0 radical (unpaired) electrons. The highest BCUT2D eigenvalue weighted by Gasteiger charge is 2.25. The van der Waals surface area contributed by atoms with Crippen LogP contribution in [0.25, 0.3) is 16.7 Å². The summed E-state index contributed by atoms with van der Waals surface area (Å²) in [5, 5.41) is 4.71. The Morgan fingerprint density at radius 1 is 1.21 bits per heavy atom. The number of halogens is 1. The predicted octanol–water partition coefficient (Wildman–Crippen LogP) is 4.29. The lowest BCUT2D eigenvalue weighted by Crippen LogP contribution is -2.29. The van der Waals surface area contributed by atoms with Gasteiger partial charge in [-0.05, 0) is 37.6 Å². The monoisotopic (exact) mass is 378 g/mol. The molecule has 2 heterocycles. The van der Waals surface area contributed by atoms with Gasteiger partial charge in [-0.1, -0.05) is 24.3 Å². The van der Waals surface area contributed by atoms with Crippen molar-refractivity contribution in [3.63, 3.8) is 0 Å². The second kappa shape index (κ2) is 6.92. The maximum Gasteiger partial charge on any atom is 0.290 e. The van der Waals surface area contributed by atoms with Gasteiger partial charge in [-0.3, -0.25) is 4.79 Å². The molecular formula is C21H19FN4O2. The zero-order valence-electron chi connectivity index (χ0n) is 15.8. The topological polar surface area (TPSA) is 64.2 Å². The molecule has 0 aliphatic rings. The van der Waals surface area contributed by atoms with Gasteiger partial charge < -0.3 is 9.32 Å². The first-order valence-electron chi connectivity index (χ1n) is 8.87. The molecule has 6 nitrogen and oxygen atoms in total. The van der Waals surface area contributed by atoms with Gasteiger partial charge in [0.1, 0.15) is 12.7 Å². The number of fused-ring (bicyclic) bond motifs is 1. The molecule has 4 rings (SSSR count). The molecule has 142 valence electrons. The van der Waals surface area contributed by atoms with Crippen molar-refractivity contribution >= 4 is 16.9 Å². The molecule has 0 aliphatic carbocycles. The van der Waals surface area contributed by atoms with Crippen molar-refractivity contribution in [1.29, 1.82) is 0 Å². The number of carbonyl (C=O) groups is 1. The number of hydrogen-bond donors (Lipinski definition) is 0. The average Bonchev–Trinajstić information content (AvgIpc) is 3.36. The molecule has 0 bridgehead atoms. The largest absolute Gasteiger partial charge is 0.448 e. The molecule has 2 aromatic carbocycles. The summed E-state index contributed by atoms with van der Waals surface area (Å²) in [7, 11) is 1.71. The number of aryl methyl sites for hydroxylation is 1. The van der Waals surface area contributed by atoms with Crippen LogP contribution in [0.2, 0.25) is 0 Å². The Morgan fingerprint density at radius 2 is 1.96 bits per heavy atom. The van der Waals surface area contributed by atoms with Crippen LogP contribution in [0, 0.1) is 12.7 Å². The van der Waals surface area contributed by atoms with Crippen molar-refractivity contribution in [1.82, 2.24) is 19.7 Å². The zero-order chi connectivity index (χ0) is 19.8. The molecule has 28 heavy (non-hydrogen) atoms. The molecule has 0 saturated heterocycles. The summed E-state index contributed by atoms with van der Waals surface area (Å²) in [4.78, 5) is 18.5. The summed E-state index contributed by atoms with van der Waals surface area (Å²) in [6.07, 6.45) is 3.10. The van der Waals surface area contributed by atoms with E-state index in [4.69, 9.17) is 4.42 Å². The van der Waals surface area contributed by atoms with Crippen LogP contribution in [-0.4, -0.2) is 32.6 Å². The highest BCUT2D eigenvalue weighted by Crippen LogP contribution is 2.30. The number of carbonyl (C=O) groups excluding carboxylic acids is 1. The Morgan fingerprint density at radius 3 is 2.61 bits per heavy atom. The van der Waals surface area contributed by atoms with Crippen molar-refractivity contribution in [2.24, 2.45) is 0 Å². The number of rotatable bonds is 4. The number of aromatic nitrogens is 3. The first kappa shape index (κ1) is 17.9. The van der Waals surface area contributed by atoms with Crippen LogP contribution >= 0.6 is 0 Å². The lowest BCUT2D eigenvalue weighted by molar-refractivity contribution is 0.0711. The number of furan rings is 1. The average molecular weight is 378 g/mol. The van der Waals surface area contributed by atoms with E-state index in [1.807, 2.05) is 31.2 Å². The maximum atomic E-state index is 14.0. The molecule has 4 aromatic rings. The Balaban J connectivity index is 1.60.